The number of para-hydroxylation sites is 1. The number of nitrogens with zero attached hydrogens (tertiary/aromatic N) is 8. The van der Waals surface area contributed by atoms with Crippen molar-refractivity contribution in [1.82, 2.24) is 9.78 Å². The second-order valence-corrected chi connectivity index (χ2v) is 12.7. The molecule has 0 aliphatic heterocycles. The standard InChI is InChI=1S/C22H16N4O2.C16H14N4O5S.Cr.2Na/c27-20-13-11-17(24-23-16-7-2-1-3-8-16)14-19(20)25-26-22-18-9-5-4-6-15(18)10-12-21(22)28;1-10-15(16(22)20(19-10)11-5-3-2-4-6-11)18-17-13-9-12(26(23,24)25)7-8-14(13)21;;;/h1-14,27-28H;2-9,21-22H,1H3,(H,23,24,25);;;/q;;+3;2*+1/p-5. The van der Waals surface area contributed by atoms with Crippen LogP contribution in [0.25, 0.3) is 16.5 Å². The molecule has 1 heterocycles. The van der Waals surface area contributed by atoms with Gasteiger partial charge in [0.2, 0.25) is 0 Å². The molecule has 57 heavy (non-hydrogen) atoms. The molecule has 0 N–H and O–H groups in total. The Labute approximate surface area is 381 Å². The molecule has 0 bridgehead atoms. The molecule has 0 aliphatic carbocycles. The van der Waals surface area contributed by atoms with Gasteiger partial charge in [-0.15, -0.1) is 5.11 Å². The molecule has 0 spiro atoms. The van der Waals surface area contributed by atoms with Gasteiger partial charge in [0.15, 0.2) is 0 Å². The van der Waals surface area contributed by atoms with Gasteiger partial charge < -0.3 is 25.0 Å². The molecule has 0 amide bonds. The summed E-state index contributed by atoms with van der Waals surface area (Å²) in [4.78, 5) is -0.606. The van der Waals surface area contributed by atoms with Gasteiger partial charge in [0.1, 0.15) is 15.8 Å². The van der Waals surface area contributed by atoms with E-state index in [1.165, 1.54) is 18.2 Å². The molecule has 0 unspecified atom stereocenters. The van der Waals surface area contributed by atoms with Crippen LogP contribution in [0.3, 0.4) is 0 Å². The summed E-state index contributed by atoms with van der Waals surface area (Å²) in [5.74, 6) is -1.75. The van der Waals surface area contributed by atoms with E-state index in [1.807, 2.05) is 48.5 Å². The predicted octanol–water partition coefficient (Wildman–Crippen LogP) is 1.47. The summed E-state index contributed by atoms with van der Waals surface area (Å²) in [5.41, 5.74) is 1.82. The van der Waals surface area contributed by atoms with E-state index in [2.05, 4.69) is 35.8 Å². The minimum absolute atomic E-state index is 0. The van der Waals surface area contributed by atoms with Gasteiger partial charge >= 0.3 is 76.5 Å². The van der Waals surface area contributed by atoms with E-state index in [0.29, 0.717) is 22.4 Å². The Bertz CT molecular complexity index is 2670. The normalized spacial score (nSPS) is 11.1. The van der Waals surface area contributed by atoms with Crippen molar-refractivity contribution >= 4 is 55.0 Å². The van der Waals surface area contributed by atoms with Crippen LogP contribution in [-0.2, 0) is 27.5 Å². The Morgan fingerprint density at radius 1 is 0.561 bits per heavy atom. The molecular weight excluding hydrogens is 811 g/mol. The van der Waals surface area contributed by atoms with Crippen molar-refractivity contribution in [2.45, 2.75) is 11.8 Å². The van der Waals surface area contributed by atoms with Crippen LogP contribution in [0.1, 0.15) is 5.69 Å². The SMILES string of the molecule is Cc1nn(-c2ccccc2)c([O-])c1N=Nc1cc(S(=O)(=O)[O-])ccc1[O-].[Cr+3].[Na+].[Na+].[O-]c1ccc(N=Nc2ccccc2)cc1N=Nc1c([O-])ccc2ccccc12. The number of aryl methyl sites for hydroxylation is 1. The third-order valence-electron chi connectivity index (χ3n) is 7.57. The molecule has 0 fully saturated rings. The first-order valence-electron chi connectivity index (χ1n) is 15.9. The first-order valence-corrected chi connectivity index (χ1v) is 17.3. The molecule has 273 valence electrons. The number of hydrogen-bond donors (Lipinski definition) is 0. The fourth-order valence-electron chi connectivity index (χ4n) is 4.89. The number of rotatable bonds is 8. The van der Waals surface area contributed by atoms with Gasteiger partial charge in [-0.2, -0.15) is 30.7 Å². The number of fused-ring (bicyclic) bond motifs is 1. The van der Waals surface area contributed by atoms with Crippen LogP contribution in [0.4, 0.5) is 34.1 Å². The van der Waals surface area contributed by atoms with Crippen molar-refractivity contribution < 1.29 is 110 Å². The quantitative estimate of drug-likeness (QED) is 0.123. The third-order valence-corrected chi connectivity index (χ3v) is 8.40. The monoisotopic (exact) mass is 835 g/mol. The van der Waals surface area contributed by atoms with Crippen molar-refractivity contribution in [1.29, 1.82) is 0 Å². The van der Waals surface area contributed by atoms with E-state index >= 15 is 0 Å². The molecule has 0 saturated carbocycles. The zero-order valence-corrected chi connectivity index (χ0v) is 36.5. The van der Waals surface area contributed by atoms with E-state index in [0.717, 1.165) is 28.3 Å². The fraction of sp³-hybridized carbons (Fsp3) is 0.0263. The number of benzene rings is 6. The van der Waals surface area contributed by atoms with Gasteiger partial charge in [0, 0.05) is 11.3 Å². The van der Waals surface area contributed by atoms with Crippen LogP contribution in [0.15, 0.2) is 169 Å². The average Bonchev–Trinajstić information content (AvgIpc) is 3.46. The Balaban J connectivity index is 0.000000291. The maximum absolute atomic E-state index is 12.4. The van der Waals surface area contributed by atoms with Crippen LogP contribution in [-0.4, -0.2) is 22.8 Å². The van der Waals surface area contributed by atoms with Gasteiger partial charge in [-0.3, -0.25) is 0 Å². The van der Waals surface area contributed by atoms with Crippen molar-refractivity contribution in [3.05, 3.63) is 139 Å². The molecule has 6 aromatic carbocycles. The van der Waals surface area contributed by atoms with E-state index < -0.39 is 26.6 Å². The molecule has 0 saturated heterocycles. The van der Waals surface area contributed by atoms with Crippen molar-refractivity contribution in [3.63, 3.8) is 0 Å². The number of aromatic nitrogens is 2. The van der Waals surface area contributed by atoms with Gasteiger partial charge in [-0.25, -0.2) is 13.1 Å². The van der Waals surface area contributed by atoms with Gasteiger partial charge in [-0.1, -0.05) is 102 Å². The summed E-state index contributed by atoms with van der Waals surface area (Å²) in [7, 11) is -4.74. The summed E-state index contributed by atoms with van der Waals surface area (Å²) in [6.07, 6.45) is 0. The molecular formula is C38H25CrN8Na2O7S. The molecule has 7 rings (SSSR count). The molecule has 19 heteroatoms. The first-order chi connectivity index (χ1) is 26.0. The minimum Gasteiger partial charge on any atom is -0.871 e. The fourth-order valence-corrected chi connectivity index (χ4v) is 5.38. The number of azo groups is 3. The molecule has 0 atom stereocenters. The summed E-state index contributed by atoms with van der Waals surface area (Å²) in [6, 6.07) is 35.5. The Morgan fingerprint density at radius 2 is 1.11 bits per heavy atom. The summed E-state index contributed by atoms with van der Waals surface area (Å²) in [5, 5.41) is 77.9. The number of hydrogen-bond acceptors (Lipinski definition) is 14. The zero-order valence-electron chi connectivity index (χ0n) is 30.5. The van der Waals surface area contributed by atoms with Crippen LogP contribution < -0.4 is 79.5 Å². The van der Waals surface area contributed by atoms with Crippen LogP contribution in [0.2, 0.25) is 0 Å². The van der Waals surface area contributed by atoms with Crippen molar-refractivity contribution in [3.8, 4) is 28.8 Å². The first kappa shape index (κ1) is 46.6. The topological polar surface area (TPSA) is 241 Å². The van der Waals surface area contributed by atoms with Gasteiger partial charge in [-0.05, 0) is 60.8 Å². The zero-order chi connectivity index (χ0) is 38.2. The molecule has 7 aromatic rings. The van der Waals surface area contributed by atoms with Gasteiger partial charge in [0.25, 0.3) is 0 Å². The van der Waals surface area contributed by atoms with E-state index in [-0.39, 0.29) is 116 Å². The van der Waals surface area contributed by atoms with Gasteiger partial charge in [0.05, 0.1) is 44.7 Å². The second-order valence-electron chi connectivity index (χ2n) is 11.3. The van der Waals surface area contributed by atoms with Crippen molar-refractivity contribution in [2.75, 3.05) is 0 Å². The van der Waals surface area contributed by atoms with Crippen LogP contribution >= 0.6 is 0 Å². The largest absolute Gasteiger partial charge is 3.00 e. The Kier molecular flexibility index (Phi) is 17.3. The molecule has 0 aliphatic rings. The summed E-state index contributed by atoms with van der Waals surface area (Å²) >= 11 is 0. The maximum Gasteiger partial charge on any atom is 3.00 e. The predicted molar refractivity (Wildman–Crippen MR) is 190 cm³/mol. The van der Waals surface area contributed by atoms with E-state index in [1.54, 1.807) is 55.5 Å². The van der Waals surface area contributed by atoms with E-state index in [9.17, 15) is 33.4 Å². The smallest absolute Gasteiger partial charge is 0.871 e. The second kappa shape index (κ2) is 21.1. The average molecular weight is 836 g/mol. The van der Waals surface area contributed by atoms with Crippen LogP contribution in [0, 0.1) is 6.92 Å². The Morgan fingerprint density at radius 3 is 1.77 bits per heavy atom. The van der Waals surface area contributed by atoms with Crippen molar-refractivity contribution in [2.24, 2.45) is 30.7 Å². The third kappa shape index (κ3) is 11.9. The Hall–Kier alpha value is -4.77. The van der Waals surface area contributed by atoms with E-state index in [4.69, 9.17) is 0 Å². The molecule has 1 radical (unpaired) electrons. The minimum atomic E-state index is -4.74. The summed E-state index contributed by atoms with van der Waals surface area (Å²) < 4.78 is 34.3. The molecule has 15 nitrogen and oxygen atoms in total. The van der Waals surface area contributed by atoms with Crippen LogP contribution in [0.5, 0.6) is 23.1 Å². The maximum atomic E-state index is 12.4. The summed E-state index contributed by atoms with van der Waals surface area (Å²) in [6.45, 7) is 1.55. The molecule has 1 aromatic heterocycles.